The van der Waals surface area contributed by atoms with Crippen molar-refractivity contribution >= 4 is 22.5 Å². The van der Waals surface area contributed by atoms with Gasteiger partial charge in [-0.3, -0.25) is 9.59 Å². The van der Waals surface area contributed by atoms with Gasteiger partial charge in [0.15, 0.2) is 0 Å². The number of anilines is 1. The fourth-order valence-electron chi connectivity index (χ4n) is 1.78. The minimum absolute atomic E-state index is 0.152. The summed E-state index contributed by atoms with van der Waals surface area (Å²) in [6.07, 6.45) is -0.178. The van der Waals surface area contributed by atoms with Crippen molar-refractivity contribution < 1.29 is 4.79 Å². The summed E-state index contributed by atoms with van der Waals surface area (Å²) in [6, 6.07) is 8.48. The molecule has 0 atom stereocenters. The molecule has 2 aromatic rings. The van der Waals surface area contributed by atoms with Gasteiger partial charge in [-0.25, -0.2) is 0 Å². The fraction of sp³-hybridized carbons (Fsp3) is 0.154. The summed E-state index contributed by atoms with van der Waals surface area (Å²) < 4.78 is 0. The fourth-order valence-corrected chi connectivity index (χ4v) is 1.78. The number of benzene rings is 1. The van der Waals surface area contributed by atoms with Gasteiger partial charge in [-0.05, 0) is 30.7 Å². The van der Waals surface area contributed by atoms with Gasteiger partial charge in [-0.2, -0.15) is 5.26 Å². The number of carbonyl (C=O) groups excluding carboxylic acids is 1. The molecule has 5 heteroatoms. The number of nitrogens with zero attached hydrogens (tertiary/aromatic N) is 1. The summed E-state index contributed by atoms with van der Waals surface area (Å²) in [6.45, 7) is 1.83. The van der Waals surface area contributed by atoms with Crippen LogP contribution >= 0.6 is 0 Å². The van der Waals surface area contributed by atoms with Crippen LogP contribution in [0.4, 0.5) is 5.69 Å². The van der Waals surface area contributed by atoms with Crippen molar-refractivity contribution in [2.75, 3.05) is 5.32 Å². The van der Waals surface area contributed by atoms with Gasteiger partial charge in [-0.1, -0.05) is 0 Å². The molecule has 0 aliphatic carbocycles. The Morgan fingerprint density at radius 3 is 2.94 bits per heavy atom. The molecule has 0 bridgehead atoms. The first-order valence-electron chi connectivity index (χ1n) is 5.40. The molecule has 2 N–H and O–H groups in total. The number of aromatic amines is 1. The van der Waals surface area contributed by atoms with E-state index in [1.165, 1.54) is 6.07 Å². The van der Waals surface area contributed by atoms with Crippen LogP contribution in [0.2, 0.25) is 0 Å². The Morgan fingerprint density at radius 1 is 1.44 bits per heavy atom. The predicted molar refractivity (Wildman–Crippen MR) is 68.2 cm³/mol. The lowest BCUT2D eigenvalue weighted by Crippen LogP contribution is -2.10. The maximum Gasteiger partial charge on any atom is 0.248 e. The normalized spacial score (nSPS) is 10.0. The predicted octanol–water partition coefficient (Wildman–Crippen LogP) is 1.69. The lowest BCUT2D eigenvalue weighted by Gasteiger charge is -2.06. The zero-order valence-corrected chi connectivity index (χ0v) is 9.78. The molecular formula is C13H11N3O2. The van der Waals surface area contributed by atoms with Crippen LogP contribution in [-0.2, 0) is 4.79 Å². The van der Waals surface area contributed by atoms with E-state index in [9.17, 15) is 9.59 Å². The van der Waals surface area contributed by atoms with E-state index in [4.69, 9.17) is 5.26 Å². The van der Waals surface area contributed by atoms with Crippen molar-refractivity contribution in [1.82, 2.24) is 4.98 Å². The Labute approximate surface area is 103 Å². The zero-order chi connectivity index (χ0) is 13.1. The monoisotopic (exact) mass is 241 g/mol. The molecule has 1 amide bonds. The number of hydrogen-bond acceptors (Lipinski definition) is 3. The van der Waals surface area contributed by atoms with Gasteiger partial charge in [-0.15, -0.1) is 0 Å². The van der Waals surface area contributed by atoms with E-state index in [0.717, 1.165) is 16.5 Å². The third-order valence-corrected chi connectivity index (χ3v) is 2.57. The van der Waals surface area contributed by atoms with Crippen LogP contribution in [0.3, 0.4) is 0 Å². The summed E-state index contributed by atoms with van der Waals surface area (Å²) in [5.41, 5.74) is 2.02. The van der Waals surface area contributed by atoms with E-state index in [1.54, 1.807) is 24.3 Å². The first kappa shape index (κ1) is 11.9. The van der Waals surface area contributed by atoms with E-state index < -0.39 is 0 Å². The topological polar surface area (TPSA) is 85.8 Å². The Bertz CT molecular complexity index is 710. The maximum absolute atomic E-state index is 11.3. The van der Waals surface area contributed by atoms with Crippen molar-refractivity contribution in [3.8, 4) is 6.07 Å². The Morgan fingerprint density at radius 2 is 2.22 bits per heavy atom. The van der Waals surface area contributed by atoms with Crippen LogP contribution in [0.15, 0.2) is 29.1 Å². The third-order valence-electron chi connectivity index (χ3n) is 2.57. The second-order valence-corrected chi connectivity index (χ2v) is 3.96. The highest BCUT2D eigenvalue weighted by Gasteiger charge is 2.04. The largest absolute Gasteiger partial charge is 0.325 e. The number of aromatic nitrogens is 1. The molecule has 1 heterocycles. The second-order valence-electron chi connectivity index (χ2n) is 3.96. The SMILES string of the molecule is Cc1cc(=O)[nH]c2ccc(NC(=O)CC#N)cc12. The Balaban J connectivity index is 2.42. The Hall–Kier alpha value is -2.61. The smallest absolute Gasteiger partial charge is 0.248 e. The molecule has 1 aromatic heterocycles. The summed E-state index contributed by atoms with van der Waals surface area (Å²) in [7, 11) is 0. The lowest BCUT2D eigenvalue weighted by molar-refractivity contribution is -0.115. The van der Waals surface area contributed by atoms with Gasteiger partial charge in [0.2, 0.25) is 11.5 Å². The molecule has 1 aromatic carbocycles. The van der Waals surface area contributed by atoms with E-state index in [2.05, 4.69) is 10.3 Å². The molecule has 2 rings (SSSR count). The van der Waals surface area contributed by atoms with E-state index in [-0.39, 0.29) is 17.9 Å². The number of amides is 1. The van der Waals surface area contributed by atoms with Crippen molar-refractivity contribution in [1.29, 1.82) is 5.26 Å². The first-order chi connectivity index (χ1) is 8.60. The number of aryl methyl sites for hydroxylation is 1. The molecule has 18 heavy (non-hydrogen) atoms. The van der Waals surface area contributed by atoms with Crippen LogP contribution in [0, 0.1) is 18.3 Å². The average Bonchev–Trinajstić information content (AvgIpc) is 2.30. The average molecular weight is 241 g/mol. The molecule has 0 aliphatic heterocycles. The number of nitriles is 1. The molecule has 90 valence electrons. The second kappa shape index (κ2) is 4.72. The molecule has 0 saturated carbocycles. The van der Waals surface area contributed by atoms with Crippen LogP contribution in [0.25, 0.3) is 10.9 Å². The van der Waals surface area contributed by atoms with E-state index >= 15 is 0 Å². The molecule has 0 saturated heterocycles. The van der Waals surface area contributed by atoms with Crippen molar-refractivity contribution in [3.05, 3.63) is 40.2 Å². The van der Waals surface area contributed by atoms with Gasteiger partial charge in [0.1, 0.15) is 6.42 Å². The van der Waals surface area contributed by atoms with E-state index in [0.29, 0.717) is 5.69 Å². The minimum atomic E-state index is -0.348. The molecular weight excluding hydrogens is 230 g/mol. The van der Waals surface area contributed by atoms with Crippen LogP contribution in [0.5, 0.6) is 0 Å². The lowest BCUT2D eigenvalue weighted by atomic mass is 10.1. The van der Waals surface area contributed by atoms with E-state index in [1.807, 2.05) is 6.92 Å². The summed E-state index contributed by atoms with van der Waals surface area (Å²) >= 11 is 0. The minimum Gasteiger partial charge on any atom is -0.325 e. The molecule has 0 aliphatic rings. The number of hydrogen-bond donors (Lipinski definition) is 2. The van der Waals surface area contributed by atoms with Crippen LogP contribution in [0.1, 0.15) is 12.0 Å². The van der Waals surface area contributed by atoms with Gasteiger partial charge in [0, 0.05) is 22.7 Å². The Kier molecular flexibility index (Phi) is 3.11. The number of rotatable bonds is 2. The highest BCUT2D eigenvalue weighted by Crippen LogP contribution is 2.19. The summed E-state index contributed by atoms with van der Waals surface area (Å²) in [5.74, 6) is -0.348. The zero-order valence-electron chi connectivity index (χ0n) is 9.78. The highest BCUT2D eigenvalue weighted by molar-refractivity contribution is 5.95. The van der Waals surface area contributed by atoms with Crippen molar-refractivity contribution in [2.45, 2.75) is 13.3 Å². The number of carbonyl (C=O) groups is 1. The van der Waals surface area contributed by atoms with Crippen LogP contribution < -0.4 is 10.9 Å². The molecule has 0 unspecified atom stereocenters. The molecule has 0 fully saturated rings. The number of pyridine rings is 1. The standard InChI is InChI=1S/C13H11N3O2/c1-8-6-13(18)16-11-3-2-9(7-10(8)11)15-12(17)4-5-14/h2-3,6-7H,4H2,1H3,(H,15,17)(H,16,18). The van der Waals surface area contributed by atoms with Gasteiger partial charge in [0.25, 0.3) is 0 Å². The molecule has 5 nitrogen and oxygen atoms in total. The maximum atomic E-state index is 11.3. The van der Waals surface area contributed by atoms with Crippen molar-refractivity contribution in [2.24, 2.45) is 0 Å². The first-order valence-corrected chi connectivity index (χ1v) is 5.40. The number of nitrogens with one attached hydrogen (secondary N) is 2. The summed E-state index contributed by atoms with van der Waals surface area (Å²) in [4.78, 5) is 25.3. The van der Waals surface area contributed by atoms with Gasteiger partial charge < -0.3 is 10.3 Å². The summed E-state index contributed by atoms with van der Waals surface area (Å²) in [5, 5.41) is 11.9. The van der Waals surface area contributed by atoms with Gasteiger partial charge in [0.05, 0.1) is 6.07 Å². The highest BCUT2D eigenvalue weighted by atomic mass is 16.1. The third kappa shape index (κ3) is 2.38. The molecule has 0 spiro atoms. The van der Waals surface area contributed by atoms with Gasteiger partial charge >= 0.3 is 0 Å². The number of fused-ring (bicyclic) bond motifs is 1. The molecule has 0 radical (unpaired) electrons. The van der Waals surface area contributed by atoms with Crippen molar-refractivity contribution in [3.63, 3.8) is 0 Å². The number of H-pyrrole nitrogens is 1. The quantitative estimate of drug-likeness (QED) is 0.838. The van der Waals surface area contributed by atoms with Crippen LogP contribution in [-0.4, -0.2) is 10.9 Å².